The van der Waals surface area contributed by atoms with Gasteiger partial charge in [0.1, 0.15) is 0 Å². The largest absolute Gasteiger partial charge is 0.384 e. The number of benzene rings is 1. The summed E-state index contributed by atoms with van der Waals surface area (Å²) in [7, 11) is 1.79. The van der Waals surface area contributed by atoms with Crippen LogP contribution < -0.4 is 5.73 Å². The lowest BCUT2D eigenvalue weighted by Crippen LogP contribution is -2.34. The zero-order chi connectivity index (χ0) is 14.2. The van der Waals surface area contributed by atoms with Crippen LogP contribution in [0.2, 0.25) is 0 Å². The zero-order valence-electron chi connectivity index (χ0n) is 12.3. The molecule has 1 fully saturated rings. The van der Waals surface area contributed by atoms with E-state index in [9.17, 15) is 0 Å². The van der Waals surface area contributed by atoms with Crippen LogP contribution in [0.25, 0.3) is 0 Å². The predicted molar refractivity (Wildman–Crippen MR) is 82.3 cm³/mol. The van der Waals surface area contributed by atoms with E-state index >= 15 is 0 Å². The molecule has 1 heterocycles. The summed E-state index contributed by atoms with van der Waals surface area (Å²) >= 11 is 0. The van der Waals surface area contributed by atoms with Gasteiger partial charge in [-0.25, -0.2) is 0 Å². The molecule has 1 saturated heterocycles. The van der Waals surface area contributed by atoms with E-state index in [1.54, 1.807) is 7.11 Å². The van der Waals surface area contributed by atoms with Crippen molar-refractivity contribution in [3.63, 3.8) is 0 Å². The molecule has 1 aliphatic rings. The number of piperidine rings is 1. The zero-order valence-corrected chi connectivity index (χ0v) is 12.3. The fourth-order valence-corrected chi connectivity index (χ4v) is 2.71. The van der Waals surface area contributed by atoms with E-state index in [0.29, 0.717) is 6.54 Å². The Bertz CT molecular complexity index is 467. The first-order chi connectivity index (χ1) is 9.81. The fraction of sp³-hybridized carbons (Fsp3) is 0.529. The predicted octanol–water partition coefficient (Wildman–Crippen LogP) is 1.86. The van der Waals surface area contributed by atoms with E-state index < -0.39 is 0 Å². The van der Waals surface area contributed by atoms with Gasteiger partial charge in [-0.05, 0) is 49.5 Å². The third kappa shape index (κ3) is 4.64. The van der Waals surface area contributed by atoms with Crippen molar-refractivity contribution < 1.29 is 4.74 Å². The van der Waals surface area contributed by atoms with Gasteiger partial charge in [-0.15, -0.1) is 0 Å². The van der Waals surface area contributed by atoms with Gasteiger partial charge in [0.15, 0.2) is 0 Å². The van der Waals surface area contributed by atoms with Crippen molar-refractivity contribution in [2.45, 2.75) is 19.4 Å². The molecule has 1 aromatic carbocycles. The summed E-state index contributed by atoms with van der Waals surface area (Å²) in [4.78, 5) is 2.52. The summed E-state index contributed by atoms with van der Waals surface area (Å²) in [5.41, 5.74) is 7.80. The molecular weight excluding hydrogens is 248 g/mol. The van der Waals surface area contributed by atoms with E-state index in [1.807, 2.05) is 6.07 Å². The van der Waals surface area contributed by atoms with Crippen molar-refractivity contribution in [2.75, 3.05) is 33.4 Å². The minimum atomic E-state index is 0.414. The molecule has 0 atom stereocenters. The molecule has 0 radical (unpaired) electrons. The van der Waals surface area contributed by atoms with E-state index in [1.165, 1.54) is 18.4 Å². The lowest BCUT2D eigenvalue weighted by Gasteiger charge is -2.31. The minimum absolute atomic E-state index is 0.414. The summed E-state index contributed by atoms with van der Waals surface area (Å²) in [6, 6.07) is 8.46. The lowest BCUT2D eigenvalue weighted by atomic mass is 9.97. The van der Waals surface area contributed by atoms with Crippen LogP contribution in [0.3, 0.4) is 0 Å². The molecular formula is C17H24N2O. The maximum atomic E-state index is 5.41. The molecule has 108 valence electrons. The number of ether oxygens (including phenoxy) is 1. The van der Waals surface area contributed by atoms with Crippen molar-refractivity contribution in [1.82, 2.24) is 4.90 Å². The lowest BCUT2D eigenvalue weighted by molar-refractivity contribution is 0.0968. The molecule has 0 saturated carbocycles. The van der Waals surface area contributed by atoms with Gasteiger partial charge in [0.05, 0.1) is 6.54 Å². The maximum Gasteiger partial charge on any atom is 0.0555 e. The molecule has 0 unspecified atom stereocenters. The monoisotopic (exact) mass is 272 g/mol. The number of nitrogens with two attached hydrogens (primary N) is 1. The molecule has 2 rings (SSSR count). The summed E-state index contributed by atoms with van der Waals surface area (Å²) in [5, 5.41) is 0. The molecule has 0 spiro atoms. The Hall–Kier alpha value is -1.34. The smallest absolute Gasteiger partial charge is 0.0555 e. The number of nitrogens with zero attached hydrogens (tertiary/aromatic N) is 1. The van der Waals surface area contributed by atoms with Crippen molar-refractivity contribution in [3.8, 4) is 11.8 Å². The Morgan fingerprint density at radius 3 is 2.85 bits per heavy atom. The quantitative estimate of drug-likeness (QED) is 0.850. The normalized spacial score (nSPS) is 16.7. The van der Waals surface area contributed by atoms with Crippen LogP contribution in [0.15, 0.2) is 24.3 Å². The van der Waals surface area contributed by atoms with E-state index in [-0.39, 0.29) is 0 Å². The van der Waals surface area contributed by atoms with Crippen LogP contribution in [-0.2, 0) is 11.3 Å². The Labute approximate surface area is 122 Å². The molecule has 3 heteroatoms. The Morgan fingerprint density at radius 1 is 1.35 bits per heavy atom. The number of hydrogen-bond donors (Lipinski definition) is 1. The Kier molecular flexibility index (Phi) is 6.07. The van der Waals surface area contributed by atoms with Gasteiger partial charge in [-0.2, -0.15) is 0 Å². The molecule has 0 aliphatic carbocycles. The average molecular weight is 272 g/mol. The van der Waals surface area contributed by atoms with Crippen molar-refractivity contribution in [2.24, 2.45) is 11.7 Å². The second kappa shape index (κ2) is 8.06. The maximum absolute atomic E-state index is 5.41. The number of methoxy groups -OCH3 is 1. The first-order valence-electron chi connectivity index (χ1n) is 7.31. The molecule has 0 bridgehead atoms. The molecule has 3 nitrogen and oxygen atoms in total. The second-order valence-corrected chi connectivity index (χ2v) is 5.38. The molecule has 1 aliphatic heterocycles. The van der Waals surface area contributed by atoms with Gasteiger partial charge in [0.2, 0.25) is 0 Å². The van der Waals surface area contributed by atoms with Crippen LogP contribution in [0, 0.1) is 17.8 Å². The van der Waals surface area contributed by atoms with Crippen molar-refractivity contribution >= 4 is 0 Å². The first-order valence-corrected chi connectivity index (χ1v) is 7.31. The third-order valence-corrected chi connectivity index (χ3v) is 3.78. The molecule has 20 heavy (non-hydrogen) atoms. The Morgan fingerprint density at radius 2 is 2.15 bits per heavy atom. The van der Waals surface area contributed by atoms with E-state index in [0.717, 1.165) is 37.7 Å². The number of hydrogen-bond acceptors (Lipinski definition) is 3. The Balaban J connectivity index is 1.88. The fourth-order valence-electron chi connectivity index (χ4n) is 2.71. The molecule has 0 amide bonds. The van der Waals surface area contributed by atoms with Crippen LogP contribution in [-0.4, -0.2) is 38.3 Å². The first kappa shape index (κ1) is 15.1. The van der Waals surface area contributed by atoms with Crippen LogP contribution >= 0.6 is 0 Å². The van der Waals surface area contributed by atoms with Crippen LogP contribution in [0.1, 0.15) is 24.0 Å². The highest BCUT2D eigenvalue weighted by molar-refractivity contribution is 5.37. The van der Waals surface area contributed by atoms with Crippen molar-refractivity contribution in [1.29, 1.82) is 0 Å². The average Bonchev–Trinajstić information content (AvgIpc) is 2.48. The van der Waals surface area contributed by atoms with Gasteiger partial charge in [-0.3, -0.25) is 4.90 Å². The number of likely N-dealkylation sites (tertiary alicyclic amines) is 1. The van der Waals surface area contributed by atoms with Gasteiger partial charge < -0.3 is 10.5 Å². The standard InChI is InChI=1S/C17H24N2O/c1-20-14-16-7-10-19(11-8-16)13-17-5-2-4-15(12-17)6-3-9-18/h2,4-5,12,16H,7-11,13-14,18H2,1H3. The van der Waals surface area contributed by atoms with Crippen LogP contribution in [0.5, 0.6) is 0 Å². The van der Waals surface area contributed by atoms with Gasteiger partial charge in [0.25, 0.3) is 0 Å². The molecule has 0 aromatic heterocycles. The topological polar surface area (TPSA) is 38.5 Å². The van der Waals surface area contributed by atoms with Crippen molar-refractivity contribution in [3.05, 3.63) is 35.4 Å². The van der Waals surface area contributed by atoms with Gasteiger partial charge >= 0.3 is 0 Å². The third-order valence-electron chi connectivity index (χ3n) is 3.78. The summed E-state index contributed by atoms with van der Waals surface area (Å²) in [6.45, 7) is 4.65. The highest BCUT2D eigenvalue weighted by Gasteiger charge is 2.18. The molecule has 1 aromatic rings. The highest BCUT2D eigenvalue weighted by atomic mass is 16.5. The van der Waals surface area contributed by atoms with E-state index in [4.69, 9.17) is 10.5 Å². The van der Waals surface area contributed by atoms with Crippen LogP contribution in [0.4, 0.5) is 0 Å². The molecule has 2 N–H and O–H groups in total. The minimum Gasteiger partial charge on any atom is -0.384 e. The second-order valence-electron chi connectivity index (χ2n) is 5.38. The highest BCUT2D eigenvalue weighted by Crippen LogP contribution is 2.19. The SMILES string of the molecule is COCC1CCN(Cc2cccc(C#CCN)c2)CC1. The van der Waals surface area contributed by atoms with Gasteiger partial charge in [-0.1, -0.05) is 24.0 Å². The summed E-state index contributed by atoms with van der Waals surface area (Å²) < 4.78 is 5.24. The number of rotatable bonds is 4. The summed E-state index contributed by atoms with van der Waals surface area (Å²) in [5.74, 6) is 6.74. The van der Waals surface area contributed by atoms with E-state index in [2.05, 4.69) is 34.9 Å². The van der Waals surface area contributed by atoms with Gasteiger partial charge in [0, 0.05) is 25.8 Å². The summed E-state index contributed by atoms with van der Waals surface area (Å²) in [6.07, 6.45) is 2.47.